The van der Waals surface area contributed by atoms with E-state index in [0.29, 0.717) is 6.61 Å². The summed E-state index contributed by atoms with van der Waals surface area (Å²) >= 11 is 0. The SMILES string of the molecule is CC(=O)O.CCOC(C)=O.Cc1ccccc1. The van der Waals surface area contributed by atoms with Crippen LogP contribution in [0.15, 0.2) is 30.3 Å². The molecule has 0 aromatic heterocycles. The van der Waals surface area contributed by atoms with Gasteiger partial charge in [-0.3, -0.25) is 9.59 Å². The van der Waals surface area contributed by atoms with Gasteiger partial charge in [0.2, 0.25) is 0 Å². The minimum absolute atomic E-state index is 0.211. The lowest BCUT2D eigenvalue weighted by molar-refractivity contribution is -0.140. The molecule has 4 heteroatoms. The highest BCUT2D eigenvalue weighted by Gasteiger charge is 1.81. The molecule has 0 spiro atoms. The second-order valence-corrected chi connectivity index (χ2v) is 3.10. The number of hydrogen-bond donors (Lipinski definition) is 1. The number of esters is 1. The lowest BCUT2D eigenvalue weighted by Crippen LogP contribution is -1.95. The van der Waals surface area contributed by atoms with E-state index >= 15 is 0 Å². The van der Waals surface area contributed by atoms with Gasteiger partial charge in [-0.25, -0.2) is 0 Å². The summed E-state index contributed by atoms with van der Waals surface area (Å²) in [5.41, 5.74) is 1.32. The van der Waals surface area contributed by atoms with Crippen molar-refractivity contribution in [1.82, 2.24) is 0 Å². The summed E-state index contributed by atoms with van der Waals surface area (Å²) in [7, 11) is 0. The minimum atomic E-state index is -0.833. The van der Waals surface area contributed by atoms with E-state index in [2.05, 4.69) is 23.8 Å². The van der Waals surface area contributed by atoms with E-state index < -0.39 is 5.97 Å². The van der Waals surface area contributed by atoms with Crippen molar-refractivity contribution in [3.8, 4) is 0 Å². The summed E-state index contributed by atoms with van der Waals surface area (Å²) in [5, 5.41) is 7.42. The molecule has 1 aromatic rings. The molecule has 0 fully saturated rings. The molecule has 96 valence electrons. The van der Waals surface area contributed by atoms with Crippen molar-refractivity contribution in [3.05, 3.63) is 35.9 Å². The summed E-state index contributed by atoms with van der Waals surface area (Å²) in [6.07, 6.45) is 0. The first kappa shape index (κ1) is 17.6. The van der Waals surface area contributed by atoms with E-state index in [4.69, 9.17) is 9.90 Å². The average molecular weight is 240 g/mol. The van der Waals surface area contributed by atoms with Gasteiger partial charge in [0.15, 0.2) is 0 Å². The standard InChI is InChI=1S/C7H8.C4H8O2.C2H4O2/c1-7-5-3-2-4-6-7;1-3-6-4(2)5;1-2(3)4/h2-6H,1H3;3H2,1-2H3;1H3,(H,3,4). The van der Waals surface area contributed by atoms with Gasteiger partial charge in [0.25, 0.3) is 5.97 Å². The molecule has 0 aliphatic carbocycles. The normalized spacial score (nSPS) is 7.76. The van der Waals surface area contributed by atoms with Crippen molar-refractivity contribution in [2.24, 2.45) is 0 Å². The van der Waals surface area contributed by atoms with Crippen LogP contribution in [0.1, 0.15) is 26.3 Å². The fourth-order valence-electron chi connectivity index (χ4n) is 0.738. The number of hydrogen-bond acceptors (Lipinski definition) is 3. The molecule has 1 N–H and O–H groups in total. The zero-order valence-electron chi connectivity index (χ0n) is 10.8. The van der Waals surface area contributed by atoms with Crippen LogP contribution >= 0.6 is 0 Å². The van der Waals surface area contributed by atoms with Crippen LogP contribution in [0, 0.1) is 6.92 Å². The lowest BCUT2D eigenvalue weighted by Gasteiger charge is -1.89. The Balaban J connectivity index is 0. The van der Waals surface area contributed by atoms with Gasteiger partial charge in [0.1, 0.15) is 0 Å². The van der Waals surface area contributed by atoms with E-state index in [1.54, 1.807) is 6.92 Å². The van der Waals surface area contributed by atoms with Crippen molar-refractivity contribution in [2.45, 2.75) is 27.7 Å². The largest absolute Gasteiger partial charge is 0.481 e. The molecule has 0 aliphatic rings. The molecule has 0 radical (unpaired) electrons. The molecule has 0 amide bonds. The molecule has 1 aromatic carbocycles. The quantitative estimate of drug-likeness (QED) is 0.766. The van der Waals surface area contributed by atoms with Crippen molar-refractivity contribution in [2.75, 3.05) is 6.61 Å². The van der Waals surface area contributed by atoms with Gasteiger partial charge in [-0.15, -0.1) is 0 Å². The Labute approximate surface area is 102 Å². The lowest BCUT2D eigenvalue weighted by atomic mass is 10.2. The predicted octanol–water partition coefficient (Wildman–Crippen LogP) is 2.66. The first-order valence-electron chi connectivity index (χ1n) is 5.24. The van der Waals surface area contributed by atoms with Gasteiger partial charge in [-0.05, 0) is 13.8 Å². The third-order valence-electron chi connectivity index (χ3n) is 1.29. The highest BCUT2D eigenvalue weighted by atomic mass is 16.5. The highest BCUT2D eigenvalue weighted by molar-refractivity contribution is 5.65. The third kappa shape index (κ3) is 25.0. The van der Waals surface area contributed by atoms with Crippen molar-refractivity contribution in [3.63, 3.8) is 0 Å². The number of carbonyl (C=O) groups is 2. The van der Waals surface area contributed by atoms with Crippen LogP contribution in [-0.2, 0) is 14.3 Å². The van der Waals surface area contributed by atoms with Crippen LogP contribution in [0.5, 0.6) is 0 Å². The van der Waals surface area contributed by atoms with Crippen molar-refractivity contribution in [1.29, 1.82) is 0 Å². The smallest absolute Gasteiger partial charge is 0.302 e. The summed E-state index contributed by atoms with van der Waals surface area (Å²) in [6.45, 7) is 6.82. The third-order valence-corrected chi connectivity index (χ3v) is 1.29. The van der Waals surface area contributed by atoms with E-state index in [-0.39, 0.29) is 5.97 Å². The molecule has 17 heavy (non-hydrogen) atoms. The topological polar surface area (TPSA) is 63.6 Å². The molecule has 1 rings (SSSR count). The average Bonchev–Trinajstić information content (AvgIpc) is 2.18. The minimum Gasteiger partial charge on any atom is -0.481 e. The van der Waals surface area contributed by atoms with Crippen LogP contribution in [0.3, 0.4) is 0 Å². The molecule has 0 aliphatic heterocycles. The number of aliphatic carboxylic acids is 1. The van der Waals surface area contributed by atoms with E-state index in [1.807, 2.05) is 18.2 Å². The van der Waals surface area contributed by atoms with Crippen LogP contribution < -0.4 is 0 Å². The first-order valence-corrected chi connectivity index (χ1v) is 5.24. The number of benzene rings is 1. The Morgan fingerprint density at radius 2 is 1.59 bits per heavy atom. The Bertz CT molecular complexity index is 302. The maximum absolute atomic E-state index is 9.82. The molecule has 0 unspecified atom stereocenters. The molecule has 0 saturated heterocycles. The second kappa shape index (κ2) is 12.2. The molecule has 0 heterocycles. The monoisotopic (exact) mass is 240 g/mol. The van der Waals surface area contributed by atoms with Crippen molar-refractivity contribution < 1.29 is 19.4 Å². The fraction of sp³-hybridized carbons (Fsp3) is 0.385. The zero-order valence-corrected chi connectivity index (χ0v) is 10.8. The van der Waals surface area contributed by atoms with Gasteiger partial charge in [-0.1, -0.05) is 35.9 Å². The molecule has 4 nitrogen and oxygen atoms in total. The zero-order chi connectivity index (χ0) is 13.7. The maximum Gasteiger partial charge on any atom is 0.302 e. The second-order valence-electron chi connectivity index (χ2n) is 3.10. The van der Waals surface area contributed by atoms with Crippen LogP contribution in [0.2, 0.25) is 0 Å². The number of aryl methyl sites for hydroxylation is 1. The first-order chi connectivity index (χ1) is 7.90. The Hall–Kier alpha value is -1.84. The van der Waals surface area contributed by atoms with Gasteiger partial charge >= 0.3 is 5.97 Å². The fourth-order valence-corrected chi connectivity index (χ4v) is 0.738. The Morgan fingerprint density at radius 3 is 1.71 bits per heavy atom. The summed E-state index contributed by atoms with van der Waals surface area (Å²) in [6, 6.07) is 10.3. The molecular formula is C13H20O4. The molecular weight excluding hydrogens is 220 g/mol. The predicted molar refractivity (Wildman–Crippen MR) is 66.8 cm³/mol. The Kier molecular flexibility index (Phi) is 12.6. The maximum atomic E-state index is 9.82. The van der Waals surface area contributed by atoms with Crippen LogP contribution in [0.4, 0.5) is 0 Å². The number of ether oxygens (including phenoxy) is 1. The summed E-state index contributed by atoms with van der Waals surface area (Å²) in [4.78, 5) is 18.8. The number of carbonyl (C=O) groups excluding carboxylic acids is 1. The van der Waals surface area contributed by atoms with Gasteiger partial charge in [-0.2, -0.15) is 0 Å². The number of carboxylic acid groups (broad SMARTS) is 1. The number of rotatable bonds is 1. The van der Waals surface area contributed by atoms with Gasteiger partial charge < -0.3 is 9.84 Å². The van der Waals surface area contributed by atoms with E-state index in [1.165, 1.54) is 12.5 Å². The van der Waals surface area contributed by atoms with Crippen molar-refractivity contribution >= 4 is 11.9 Å². The van der Waals surface area contributed by atoms with E-state index in [0.717, 1.165) is 6.92 Å². The summed E-state index contributed by atoms with van der Waals surface area (Å²) in [5.74, 6) is -1.04. The van der Waals surface area contributed by atoms with Gasteiger partial charge in [0.05, 0.1) is 6.61 Å². The number of carboxylic acids is 1. The molecule has 0 saturated carbocycles. The highest BCUT2D eigenvalue weighted by Crippen LogP contribution is 1.92. The molecule has 0 bridgehead atoms. The van der Waals surface area contributed by atoms with Crippen LogP contribution in [0.25, 0.3) is 0 Å². The Morgan fingerprint density at radius 1 is 1.18 bits per heavy atom. The summed E-state index contributed by atoms with van der Waals surface area (Å²) < 4.78 is 4.40. The van der Waals surface area contributed by atoms with Crippen LogP contribution in [-0.4, -0.2) is 23.7 Å². The molecule has 0 atom stereocenters. The van der Waals surface area contributed by atoms with E-state index in [9.17, 15) is 4.79 Å². The van der Waals surface area contributed by atoms with Gasteiger partial charge in [0, 0.05) is 13.8 Å².